The summed E-state index contributed by atoms with van der Waals surface area (Å²) >= 11 is 0. The molecule has 2 N–H and O–H groups in total. The molecule has 0 aliphatic carbocycles. The van der Waals surface area contributed by atoms with E-state index in [1.807, 2.05) is 37.3 Å². The molecule has 8 nitrogen and oxygen atoms in total. The Morgan fingerprint density at radius 1 is 0.971 bits per heavy atom. The van der Waals surface area contributed by atoms with E-state index in [-0.39, 0.29) is 10.8 Å². The molecule has 0 radical (unpaired) electrons. The van der Waals surface area contributed by atoms with E-state index in [1.54, 1.807) is 42.2 Å². The van der Waals surface area contributed by atoms with Crippen LogP contribution in [-0.2, 0) is 23.1 Å². The summed E-state index contributed by atoms with van der Waals surface area (Å²) in [7, 11) is -3.84. The average molecular weight is 476 g/mol. The number of hydrogen-bond donors (Lipinski definition) is 2. The van der Waals surface area contributed by atoms with Crippen LogP contribution >= 0.6 is 0 Å². The molecule has 4 rings (SSSR count). The van der Waals surface area contributed by atoms with Crippen molar-refractivity contribution in [2.75, 3.05) is 4.72 Å². The summed E-state index contributed by atoms with van der Waals surface area (Å²) in [6, 6.07) is 19.5. The first-order chi connectivity index (χ1) is 16.3. The van der Waals surface area contributed by atoms with Crippen molar-refractivity contribution >= 4 is 21.6 Å². The molecule has 0 fully saturated rings. The lowest BCUT2D eigenvalue weighted by Gasteiger charge is -2.12. The van der Waals surface area contributed by atoms with Crippen LogP contribution in [0.1, 0.15) is 32.6 Å². The van der Waals surface area contributed by atoms with Gasteiger partial charge < -0.3 is 5.32 Å². The standard InChI is InChI=1S/C25H25N5O3S/c1-18-4-3-5-22(12-18)29-34(32,33)23-11-6-19(2)24(13-23)25(31)27-14-20-7-9-21(10-8-20)15-30-17-26-16-28-30/h3-13,16-17,29H,14-15H2,1-2H3,(H,27,31). The van der Waals surface area contributed by atoms with E-state index in [4.69, 9.17) is 0 Å². The molecule has 0 bridgehead atoms. The summed E-state index contributed by atoms with van der Waals surface area (Å²) in [5.74, 6) is -0.336. The van der Waals surface area contributed by atoms with Crippen molar-refractivity contribution in [1.29, 1.82) is 0 Å². The van der Waals surface area contributed by atoms with Crippen molar-refractivity contribution in [2.45, 2.75) is 31.8 Å². The van der Waals surface area contributed by atoms with E-state index in [2.05, 4.69) is 20.1 Å². The lowest BCUT2D eigenvalue weighted by molar-refractivity contribution is 0.0950. The highest BCUT2D eigenvalue weighted by molar-refractivity contribution is 7.92. The van der Waals surface area contributed by atoms with E-state index in [0.29, 0.717) is 29.9 Å². The molecule has 9 heteroatoms. The largest absolute Gasteiger partial charge is 0.348 e. The Kier molecular flexibility index (Phi) is 6.74. The van der Waals surface area contributed by atoms with E-state index in [9.17, 15) is 13.2 Å². The number of rotatable bonds is 8. The number of amides is 1. The number of aromatic nitrogens is 3. The fourth-order valence-corrected chi connectivity index (χ4v) is 4.55. The first-order valence-corrected chi connectivity index (χ1v) is 12.2. The van der Waals surface area contributed by atoms with Gasteiger partial charge in [-0.1, -0.05) is 42.5 Å². The molecule has 0 unspecified atom stereocenters. The molecule has 0 aliphatic heterocycles. The maximum Gasteiger partial charge on any atom is 0.261 e. The van der Waals surface area contributed by atoms with Gasteiger partial charge in [-0.15, -0.1) is 0 Å². The quantitative estimate of drug-likeness (QED) is 0.404. The van der Waals surface area contributed by atoms with Gasteiger partial charge >= 0.3 is 0 Å². The molecular formula is C25H25N5O3S. The molecule has 174 valence electrons. The van der Waals surface area contributed by atoms with Gasteiger partial charge in [0.2, 0.25) is 0 Å². The predicted octanol–water partition coefficient (Wildman–Crippen LogP) is 3.67. The highest BCUT2D eigenvalue weighted by atomic mass is 32.2. The fraction of sp³-hybridized carbons (Fsp3) is 0.160. The molecule has 4 aromatic rings. The number of anilines is 1. The van der Waals surface area contributed by atoms with Crippen molar-refractivity contribution in [3.05, 3.63) is 107 Å². The Bertz CT molecular complexity index is 1400. The van der Waals surface area contributed by atoms with Crippen LogP contribution in [0.4, 0.5) is 5.69 Å². The molecule has 0 saturated carbocycles. The van der Waals surface area contributed by atoms with Gasteiger partial charge in [-0.25, -0.2) is 18.1 Å². The fourth-order valence-electron chi connectivity index (χ4n) is 3.48. The lowest BCUT2D eigenvalue weighted by atomic mass is 10.1. The topological polar surface area (TPSA) is 106 Å². The van der Waals surface area contributed by atoms with Crippen LogP contribution in [0.25, 0.3) is 0 Å². The van der Waals surface area contributed by atoms with Gasteiger partial charge in [-0.2, -0.15) is 5.10 Å². The van der Waals surface area contributed by atoms with E-state index < -0.39 is 10.0 Å². The van der Waals surface area contributed by atoms with Gasteiger partial charge in [0.15, 0.2) is 0 Å². The highest BCUT2D eigenvalue weighted by Gasteiger charge is 2.18. The van der Waals surface area contributed by atoms with Crippen LogP contribution < -0.4 is 10.0 Å². The van der Waals surface area contributed by atoms with Gasteiger partial charge in [0.25, 0.3) is 15.9 Å². The normalized spacial score (nSPS) is 11.2. The molecule has 0 saturated heterocycles. The number of sulfonamides is 1. The monoisotopic (exact) mass is 475 g/mol. The highest BCUT2D eigenvalue weighted by Crippen LogP contribution is 2.20. The number of nitrogens with one attached hydrogen (secondary N) is 2. The van der Waals surface area contributed by atoms with Gasteiger partial charge in [-0.05, 0) is 60.4 Å². The van der Waals surface area contributed by atoms with E-state index >= 15 is 0 Å². The SMILES string of the molecule is Cc1cccc(NS(=O)(=O)c2ccc(C)c(C(=O)NCc3ccc(Cn4cncn4)cc3)c2)c1. The number of carbonyl (C=O) groups excluding carboxylic acids is 1. The van der Waals surface area contributed by atoms with Gasteiger partial charge in [0.05, 0.1) is 11.4 Å². The number of aryl methyl sites for hydroxylation is 2. The molecular weight excluding hydrogens is 450 g/mol. The zero-order valence-corrected chi connectivity index (χ0v) is 19.7. The molecule has 1 aromatic heterocycles. The summed E-state index contributed by atoms with van der Waals surface area (Å²) < 4.78 is 30.0. The summed E-state index contributed by atoms with van der Waals surface area (Å²) in [4.78, 5) is 16.8. The van der Waals surface area contributed by atoms with Crippen LogP contribution in [0.5, 0.6) is 0 Å². The number of nitrogens with zero attached hydrogens (tertiary/aromatic N) is 3. The molecule has 0 spiro atoms. The molecule has 0 aliphatic rings. The predicted molar refractivity (Wildman–Crippen MR) is 130 cm³/mol. The summed E-state index contributed by atoms with van der Waals surface area (Å²) in [6.45, 7) is 4.60. The average Bonchev–Trinajstić information content (AvgIpc) is 3.31. The smallest absolute Gasteiger partial charge is 0.261 e. The van der Waals surface area contributed by atoms with Gasteiger partial charge in [0, 0.05) is 17.8 Å². The molecule has 1 amide bonds. The minimum absolute atomic E-state index is 0.0298. The first-order valence-electron chi connectivity index (χ1n) is 10.7. The Labute approximate surface area is 198 Å². The third kappa shape index (κ3) is 5.68. The first kappa shape index (κ1) is 23.2. The van der Waals surface area contributed by atoms with Gasteiger partial charge in [-0.3, -0.25) is 9.52 Å². The zero-order chi connectivity index (χ0) is 24.1. The van der Waals surface area contributed by atoms with Crippen LogP contribution in [0.2, 0.25) is 0 Å². The van der Waals surface area contributed by atoms with Crippen molar-refractivity contribution in [3.8, 4) is 0 Å². The minimum Gasteiger partial charge on any atom is -0.348 e. The second-order valence-electron chi connectivity index (χ2n) is 8.04. The molecule has 0 atom stereocenters. The van der Waals surface area contributed by atoms with Crippen molar-refractivity contribution in [3.63, 3.8) is 0 Å². The number of carbonyl (C=O) groups is 1. The zero-order valence-electron chi connectivity index (χ0n) is 18.9. The van der Waals surface area contributed by atoms with E-state index in [1.165, 1.54) is 18.5 Å². The van der Waals surface area contributed by atoms with Gasteiger partial charge in [0.1, 0.15) is 12.7 Å². The second-order valence-corrected chi connectivity index (χ2v) is 9.73. The third-order valence-corrected chi connectivity index (χ3v) is 6.70. The summed E-state index contributed by atoms with van der Waals surface area (Å²) in [6.07, 6.45) is 3.14. The molecule has 3 aromatic carbocycles. The van der Waals surface area contributed by atoms with Crippen LogP contribution in [0.15, 0.2) is 84.3 Å². The summed E-state index contributed by atoms with van der Waals surface area (Å²) in [5.41, 5.74) is 4.41. The maximum absolute atomic E-state index is 12.9. The number of hydrogen-bond acceptors (Lipinski definition) is 5. The molecule has 34 heavy (non-hydrogen) atoms. The Morgan fingerprint density at radius 3 is 2.44 bits per heavy atom. The van der Waals surface area contributed by atoms with Crippen LogP contribution in [-0.4, -0.2) is 29.1 Å². The van der Waals surface area contributed by atoms with Crippen LogP contribution in [0.3, 0.4) is 0 Å². The van der Waals surface area contributed by atoms with Crippen molar-refractivity contribution < 1.29 is 13.2 Å². The summed E-state index contributed by atoms with van der Waals surface area (Å²) in [5, 5.41) is 6.96. The Hall–Kier alpha value is -3.98. The Balaban J connectivity index is 1.43. The second kappa shape index (κ2) is 9.88. The third-order valence-electron chi connectivity index (χ3n) is 5.32. The molecule has 1 heterocycles. The minimum atomic E-state index is -3.84. The van der Waals surface area contributed by atoms with Crippen LogP contribution in [0, 0.1) is 13.8 Å². The Morgan fingerprint density at radius 2 is 1.74 bits per heavy atom. The number of benzene rings is 3. The van der Waals surface area contributed by atoms with Crippen molar-refractivity contribution in [2.24, 2.45) is 0 Å². The van der Waals surface area contributed by atoms with E-state index in [0.717, 1.165) is 16.7 Å². The van der Waals surface area contributed by atoms with Crippen molar-refractivity contribution in [1.82, 2.24) is 20.1 Å². The lowest BCUT2D eigenvalue weighted by Crippen LogP contribution is -2.24. The maximum atomic E-state index is 12.9.